The molecule has 0 atom stereocenters. The molecule has 0 radical (unpaired) electrons. The lowest BCUT2D eigenvalue weighted by atomic mass is 10.0. The third-order valence-corrected chi connectivity index (χ3v) is 8.67. The number of fused-ring (bicyclic) bond motifs is 1. The van der Waals surface area contributed by atoms with Gasteiger partial charge >= 0.3 is 0 Å². The molecule has 6 rings (SSSR count). The number of benzene rings is 5. The van der Waals surface area contributed by atoms with Gasteiger partial charge in [0, 0.05) is 57.8 Å². The first-order valence-corrected chi connectivity index (χ1v) is 18.1. The zero-order valence-corrected chi connectivity index (χ0v) is 29.8. The predicted molar refractivity (Wildman–Crippen MR) is 214 cm³/mol. The molecule has 1 aromatic heterocycles. The van der Waals surface area contributed by atoms with E-state index in [0.717, 1.165) is 106 Å². The van der Waals surface area contributed by atoms with Crippen molar-refractivity contribution in [2.24, 2.45) is 0 Å². The molecule has 0 aliphatic heterocycles. The largest absolute Gasteiger partial charge is 0.384 e. The fraction of sp³-hybridized carbons (Fsp3) is 0.174. The Morgan fingerprint density at radius 1 is 0.412 bits per heavy atom. The lowest BCUT2D eigenvalue weighted by Gasteiger charge is -2.07. The van der Waals surface area contributed by atoms with Gasteiger partial charge in [-0.25, -0.2) is 0 Å². The molecule has 0 unspecified atom stereocenters. The number of hydrogen-bond donors (Lipinski definition) is 2. The third-order valence-electron chi connectivity index (χ3n) is 8.14. The van der Waals surface area contributed by atoms with Gasteiger partial charge in [0.15, 0.2) is 0 Å². The molecule has 0 saturated carbocycles. The minimum Gasteiger partial charge on any atom is -0.384 e. The van der Waals surface area contributed by atoms with Gasteiger partial charge in [-0.1, -0.05) is 123 Å². The second-order valence-corrected chi connectivity index (χ2v) is 12.4. The van der Waals surface area contributed by atoms with E-state index in [0.29, 0.717) is 0 Å². The van der Waals surface area contributed by atoms with Crippen LogP contribution in [0.15, 0.2) is 109 Å². The molecule has 0 amide bonds. The van der Waals surface area contributed by atoms with Gasteiger partial charge in [-0.05, 0) is 73.5 Å². The van der Waals surface area contributed by atoms with Gasteiger partial charge in [0.2, 0.25) is 0 Å². The normalized spacial score (nSPS) is 10.0. The van der Waals surface area contributed by atoms with Gasteiger partial charge in [0.05, 0.1) is 22.9 Å². The maximum Gasteiger partial charge on any atom is 0.121 e. The summed E-state index contributed by atoms with van der Waals surface area (Å²) in [6.07, 6.45) is 4.52. The fourth-order valence-corrected chi connectivity index (χ4v) is 5.88. The Kier molecular flexibility index (Phi) is 12.2. The van der Waals surface area contributed by atoms with Crippen LogP contribution < -0.4 is 10.6 Å². The highest BCUT2D eigenvalue weighted by Gasteiger charge is 2.09. The number of anilines is 2. The molecule has 51 heavy (non-hydrogen) atoms. The summed E-state index contributed by atoms with van der Waals surface area (Å²) in [5.74, 6) is 26.8. The zero-order valence-electron chi connectivity index (χ0n) is 28.9. The van der Waals surface area contributed by atoms with Crippen LogP contribution in [0.3, 0.4) is 0 Å². The van der Waals surface area contributed by atoms with E-state index < -0.39 is 0 Å². The number of nitrogens with one attached hydrogen (secondary N) is 2. The van der Waals surface area contributed by atoms with Crippen LogP contribution in [0, 0.1) is 47.4 Å². The van der Waals surface area contributed by atoms with Crippen molar-refractivity contribution in [2.45, 2.75) is 39.5 Å². The predicted octanol–water partition coefficient (Wildman–Crippen LogP) is 9.71. The van der Waals surface area contributed by atoms with Crippen molar-refractivity contribution in [3.63, 3.8) is 0 Å². The Labute approximate surface area is 306 Å². The molecule has 0 aliphatic carbocycles. The molecule has 0 aliphatic rings. The summed E-state index contributed by atoms with van der Waals surface area (Å²) in [6, 6.07) is 36.3. The summed E-state index contributed by atoms with van der Waals surface area (Å²) in [7, 11) is 0. The molecule has 248 valence electrons. The van der Waals surface area contributed by atoms with Crippen LogP contribution >= 0.6 is 11.7 Å². The van der Waals surface area contributed by atoms with Crippen LogP contribution in [-0.4, -0.2) is 21.8 Å². The maximum atomic E-state index is 4.60. The van der Waals surface area contributed by atoms with Crippen LogP contribution in [0.1, 0.15) is 84.0 Å². The van der Waals surface area contributed by atoms with Crippen molar-refractivity contribution in [1.29, 1.82) is 0 Å². The molecule has 0 bridgehead atoms. The molecule has 4 nitrogen and oxygen atoms in total. The highest BCUT2D eigenvalue weighted by atomic mass is 32.1. The van der Waals surface area contributed by atoms with Crippen LogP contribution in [0.2, 0.25) is 0 Å². The van der Waals surface area contributed by atoms with E-state index in [1.165, 1.54) is 11.7 Å². The fourth-order valence-electron chi connectivity index (χ4n) is 5.30. The quantitative estimate of drug-likeness (QED) is 0.124. The minimum atomic E-state index is 0.746. The summed E-state index contributed by atoms with van der Waals surface area (Å²) in [5, 5.41) is 7.02. The third kappa shape index (κ3) is 9.26. The number of aromatic nitrogens is 2. The minimum absolute atomic E-state index is 0.746. The van der Waals surface area contributed by atoms with E-state index in [-0.39, 0.29) is 0 Å². The zero-order chi connectivity index (χ0) is 35.1. The van der Waals surface area contributed by atoms with E-state index in [9.17, 15) is 0 Å². The first kappa shape index (κ1) is 34.6. The van der Waals surface area contributed by atoms with Gasteiger partial charge in [0.25, 0.3) is 0 Å². The molecule has 5 aromatic carbocycles. The van der Waals surface area contributed by atoms with E-state index in [1.54, 1.807) is 0 Å². The SMILES string of the molecule is CCCCNc1ccccc1C#Cc1ccccc1C#Cc1ccc(C#Cc2ccccc2C#Cc2ccccc2NCCCC)c2nsnc12. The van der Waals surface area contributed by atoms with Crippen LogP contribution in [0.5, 0.6) is 0 Å². The number of unbranched alkanes of at least 4 members (excludes halogenated alkanes) is 2. The molecule has 6 aromatic rings. The van der Waals surface area contributed by atoms with E-state index in [2.05, 4.69) is 92.7 Å². The van der Waals surface area contributed by atoms with E-state index in [4.69, 9.17) is 0 Å². The Bertz CT molecular complexity index is 2230. The number of para-hydroxylation sites is 2. The van der Waals surface area contributed by atoms with E-state index in [1.807, 2.05) is 97.1 Å². The summed E-state index contributed by atoms with van der Waals surface area (Å²) in [4.78, 5) is 0. The topological polar surface area (TPSA) is 49.8 Å². The number of hydrogen-bond acceptors (Lipinski definition) is 5. The van der Waals surface area contributed by atoms with Crippen molar-refractivity contribution in [3.05, 3.63) is 154 Å². The summed E-state index contributed by atoms with van der Waals surface area (Å²) >= 11 is 1.17. The molecular formula is C46H38N4S. The van der Waals surface area contributed by atoms with Crippen molar-refractivity contribution < 1.29 is 0 Å². The average Bonchev–Trinajstić information content (AvgIpc) is 3.67. The van der Waals surface area contributed by atoms with Crippen LogP contribution in [-0.2, 0) is 0 Å². The number of nitrogens with zero attached hydrogens (tertiary/aromatic N) is 2. The second-order valence-electron chi connectivity index (χ2n) is 11.9. The van der Waals surface area contributed by atoms with Crippen molar-refractivity contribution >= 4 is 34.1 Å². The van der Waals surface area contributed by atoms with Gasteiger partial charge in [-0.15, -0.1) is 0 Å². The smallest absolute Gasteiger partial charge is 0.121 e. The number of rotatable bonds is 8. The molecule has 0 saturated heterocycles. The Balaban J connectivity index is 1.25. The highest BCUT2D eigenvalue weighted by Crippen LogP contribution is 2.21. The van der Waals surface area contributed by atoms with Crippen LogP contribution in [0.4, 0.5) is 11.4 Å². The Morgan fingerprint density at radius 3 is 1.10 bits per heavy atom. The monoisotopic (exact) mass is 678 g/mol. The summed E-state index contributed by atoms with van der Waals surface area (Å²) in [6.45, 7) is 6.24. The van der Waals surface area contributed by atoms with Crippen molar-refractivity contribution in [2.75, 3.05) is 23.7 Å². The Hall–Kier alpha value is -6.24. The average molecular weight is 679 g/mol. The summed E-state index contributed by atoms with van der Waals surface area (Å²) < 4.78 is 9.20. The maximum absolute atomic E-state index is 4.60. The van der Waals surface area contributed by atoms with Gasteiger partial charge in [0.1, 0.15) is 11.0 Å². The highest BCUT2D eigenvalue weighted by molar-refractivity contribution is 7.00. The molecule has 5 heteroatoms. The van der Waals surface area contributed by atoms with E-state index >= 15 is 0 Å². The lowest BCUT2D eigenvalue weighted by Crippen LogP contribution is -2.02. The molecule has 1 heterocycles. The molecule has 0 fully saturated rings. The van der Waals surface area contributed by atoms with Crippen molar-refractivity contribution in [1.82, 2.24) is 8.75 Å². The first-order chi connectivity index (χ1) is 25.2. The van der Waals surface area contributed by atoms with Crippen LogP contribution in [0.25, 0.3) is 11.0 Å². The van der Waals surface area contributed by atoms with Gasteiger partial charge in [-0.3, -0.25) is 0 Å². The Morgan fingerprint density at radius 2 is 0.725 bits per heavy atom. The second kappa shape index (κ2) is 18.0. The van der Waals surface area contributed by atoms with Gasteiger partial charge in [-0.2, -0.15) is 8.75 Å². The van der Waals surface area contributed by atoms with Gasteiger partial charge < -0.3 is 10.6 Å². The first-order valence-electron chi connectivity index (χ1n) is 17.4. The molecular weight excluding hydrogens is 641 g/mol. The molecule has 0 spiro atoms. The van der Waals surface area contributed by atoms with Crippen molar-refractivity contribution in [3.8, 4) is 47.4 Å². The lowest BCUT2D eigenvalue weighted by molar-refractivity contribution is 0.834. The molecule has 2 N–H and O–H groups in total. The standard InChI is InChI=1S/C46H38N4S/c1-3-5-33-47-43-21-13-11-19-39(43)27-23-35-15-7-9-17-37(35)25-29-41-31-32-42(46-45(41)49-51-50-46)30-26-38-18-10-8-16-36(38)24-28-40-20-12-14-22-44(40)48-34-6-4-2/h7-22,31-32,47-48H,3-6,33-34H2,1-2H3. The summed E-state index contributed by atoms with van der Waals surface area (Å²) in [5.41, 5.74) is 10.6.